The molecule has 0 amide bonds. The molecule has 3 aromatic rings. The highest BCUT2D eigenvalue weighted by Crippen LogP contribution is 2.35. The number of esters is 1. The summed E-state index contributed by atoms with van der Waals surface area (Å²) < 4.78 is 12.1. The Bertz CT molecular complexity index is 1030. The van der Waals surface area contributed by atoms with E-state index < -0.39 is 0 Å². The van der Waals surface area contributed by atoms with Crippen LogP contribution in [-0.4, -0.2) is 12.6 Å². The maximum atomic E-state index is 12.1. The maximum absolute atomic E-state index is 12.1. The molecule has 5 heteroatoms. The lowest BCUT2D eigenvalue weighted by atomic mass is 10.0. The van der Waals surface area contributed by atoms with Gasteiger partial charge in [-0.15, -0.1) is 0 Å². The van der Waals surface area contributed by atoms with Crippen molar-refractivity contribution < 1.29 is 14.3 Å². The van der Waals surface area contributed by atoms with E-state index in [1.807, 2.05) is 44.2 Å². The van der Waals surface area contributed by atoms with E-state index in [4.69, 9.17) is 21.1 Å². The molecule has 156 valence electrons. The van der Waals surface area contributed by atoms with Crippen LogP contribution in [0.2, 0.25) is 5.02 Å². The number of ether oxygens (including phenoxy) is 2. The van der Waals surface area contributed by atoms with Crippen LogP contribution >= 0.6 is 27.5 Å². The minimum atomic E-state index is -0.274. The van der Waals surface area contributed by atoms with Gasteiger partial charge in [0.05, 0.1) is 11.1 Å². The van der Waals surface area contributed by atoms with Crippen LogP contribution in [0.5, 0.6) is 11.5 Å². The summed E-state index contributed by atoms with van der Waals surface area (Å²) in [6, 6.07) is 17.8. The van der Waals surface area contributed by atoms with Crippen LogP contribution in [0.3, 0.4) is 0 Å². The second-order valence-corrected chi connectivity index (χ2v) is 8.43. The third-order valence-electron chi connectivity index (χ3n) is 4.82. The zero-order chi connectivity index (χ0) is 21.7. The Balaban J connectivity index is 1.48. The monoisotopic (exact) mass is 486 g/mol. The molecule has 0 N–H and O–H groups in total. The number of carbonyl (C=O) groups is 1. The van der Waals surface area contributed by atoms with Crippen molar-refractivity contribution in [1.29, 1.82) is 0 Å². The molecule has 30 heavy (non-hydrogen) atoms. The normalized spacial score (nSPS) is 10.7. The van der Waals surface area contributed by atoms with Crippen molar-refractivity contribution in [2.75, 3.05) is 6.61 Å². The lowest BCUT2D eigenvalue weighted by Crippen LogP contribution is -2.10. The molecule has 0 aliphatic rings. The maximum Gasteiger partial charge on any atom is 0.311 e. The summed E-state index contributed by atoms with van der Waals surface area (Å²) in [5, 5.41) is 0.728. The Morgan fingerprint density at radius 1 is 0.967 bits per heavy atom. The largest absolute Gasteiger partial charge is 0.492 e. The molecule has 0 heterocycles. The first kappa shape index (κ1) is 22.4. The topological polar surface area (TPSA) is 35.5 Å². The summed E-state index contributed by atoms with van der Waals surface area (Å²) in [5.41, 5.74) is 5.35. The average molecular weight is 488 g/mol. The van der Waals surface area contributed by atoms with Gasteiger partial charge in [-0.05, 0) is 83.6 Å². The highest BCUT2D eigenvalue weighted by molar-refractivity contribution is 9.10. The molecular formula is C25H24BrClO3. The first-order valence-electron chi connectivity index (χ1n) is 9.81. The fourth-order valence-corrected chi connectivity index (χ4v) is 3.74. The van der Waals surface area contributed by atoms with Crippen molar-refractivity contribution in [3.05, 3.63) is 80.8 Å². The molecule has 0 aromatic heterocycles. The Morgan fingerprint density at radius 3 is 2.20 bits per heavy atom. The molecule has 0 unspecified atom stereocenters. The number of benzene rings is 3. The third kappa shape index (κ3) is 5.65. The number of rotatable bonds is 7. The molecule has 0 radical (unpaired) electrons. The van der Waals surface area contributed by atoms with Crippen molar-refractivity contribution in [3.8, 4) is 22.6 Å². The predicted molar refractivity (Wildman–Crippen MR) is 126 cm³/mol. The van der Waals surface area contributed by atoms with Gasteiger partial charge in [0.2, 0.25) is 0 Å². The van der Waals surface area contributed by atoms with Gasteiger partial charge in [0.15, 0.2) is 0 Å². The lowest BCUT2D eigenvalue weighted by molar-refractivity contribution is -0.134. The van der Waals surface area contributed by atoms with E-state index >= 15 is 0 Å². The van der Waals surface area contributed by atoms with Crippen LogP contribution < -0.4 is 9.47 Å². The molecule has 3 aromatic carbocycles. The first-order valence-corrected chi connectivity index (χ1v) is 11.0. The van der Waals surface area contributed by atoms with Crippen molar-refractivity contribution in [3.63, 3.8) is 0 Å². The minimum Gasteiger partial charge on any atom is -0.492 e. The fraction of sp³-hybridized carbons (Fsp3) is 0.240. The Hall–Kier alpha value is -2.30. The van der Waals surface area contributed by atoms with Crippen LogP contribution in [-0.2, 0) is 4.79 Å². The zero-order valence-electron chi connectivity index (χ0n) is 17.3. The summed E-state index contributed by atoms with van der Waals surface area (Å²) in [7, 11) is 0. The molecule has 0 saturated heterocycles. The quantitative estimate of drug-likeness (QED) is 0.197. The Labute approximate surface area is 191 Å². The van der Waals surface area contributed by atoms with Gasteiger partial charge in [-0.3, -0.25) is 4.79 Å². The zero-order valence-corrected chi connectivity index (χ0v) is 19.6. The number of aryl methyl sites for hydroxylation is 2. The highest BCUT2D eigenvalue weighted by Gasteiger charge is 2.11. The molecule has 0 spiro atoms. The molecule has 0 aliphatic carbocycles. The van der Waals surface area contributed by atoms with Crippen molar-refractivity contribution in [2.24, 2.45) is 0 Å². The van der Waals surface area contributed by atoms with E-state index in [1.165, 1.54) is 5.56 Å². The van der Waals surface area contributed by atoms with Gasteiger partial charge in [0.1, 0.15) is 11.5 Å². The van der Waals surface area contributed by atoms with Gasteiger partial charge in [0, 0.05) is 11.4 Å². The summed E-state index contributed by atoms with van der Waals surface area (Å²) in [4.78, 5) is 12.1. The standard InChI is InChI=1S/C25H24BrClO3/c1-16-6-8-19(9-7-16)20-10-12-21(13-11-20)30-23(28)5-4-14-29-22-15-17(2)25(27)18(3)24(22)26/h6-13,15H,4-5,14H2,1-3H3. The van der Waals surface area contributed by atoms with Crippen LogP contribution in [0.25, 0.3) is 11.1 Å². The van der Waals surface area contributed by atoms with Gasteiger partial charge < -0.3 is 9.47 Å². The second kappa shape index (κ2) is 10.1. The Kier molecular flexibility index (Phi) is 7.57. The Morgan fingerprint density at radius 2 is 1.57 bits per heavy atom. The van der Waals surface area contributed by atoms with E-state index in [1.54, 1.807) is 0 Å². The van der Waals surface area contributed by atoms with E-state index in [0.29, 0.717) is 18.8 Å². The molecule has 0 atom stereocenters. The van der Waals surface area contributed by atoms with Gasteiger partial charge in [-0.25, -0.2) is 0 Å². The first-order chi connectivity index (χ1) is 14.3. The molecule has 3 rings (SSSR count). The number of hydrogen-bond acceptors (Lipinski definition) is 3. The summed E-state index contributed by atoms with van der Waals surface area (Å²) in [6.07, 6.45) is 0.844. The van der Waals surface area contributed by atoms with E-state index in [2.05, 4.69) is 47.1 Å². The van der Waals surface area contributed by atoms with Crippen molar-refractivity contribution in [2.45, 2.75) is 33.6 Å². The lowest BCUT2D eigenvalue weighted by Gasteiger charge is -2.13. The van der Waals surface area contributed by atoms with Crippen molar-refractivity contribution in [1.82, 2.24) is 0 Å². The third-order valence-corrected chi connectivity index (χ3v) is 6.39. The molecule has 0 aliphatic heterocycles. The van der Waals surface area contributed by atoms with Crippen LogP contribution in [0.4, 0.5) is 0 Å². The molecule has 0 saturated carbocycles. The molecule has 0 fully saturated rings. The number of carbonyl (C=O) groups excluding carboxylic acids is 1. The van der Waals surface area contributed by atoms with Gasteiger partial charge in [0.25, 0.3) is 0 Å². The van der Waals surface area contributed by atoms with Crippen LogP contribution in [0.15, 0.2) is 59.1 Å². The summed E-state index contributed by atoms with van der Waals surface area (Å²) >= 11 is 9.75. The molecule has 0 bridgehead atoms. The SMILES string of the molecule is Cc1ccc(-c2ccc(OC(=O)CCCOc3cc(C)c(Cl)c(C)c3Br)cc2)cc1. The molecular weight excluding hydrogens is 464 g/mol. The van der Waals surface area contributed by atoms with Crippen molar-refractivity contribution >= 4 is 33.5 Å². The van der Waals surface area contributed by atoms with Gasteiger partial charge in [-0.1, -0.05) is 53.6 Å². The van der Waals surface area contributed by atoms with E-state index in [0.717, 1.165) is 37.5 Å². The van der Waals surface area contributed by atoms with Gasteiger partial charge >= 0.3 is 5.97 Å². The van der Waals surface area contributed by atoms with E-state index in [-0.39, 0.29) is 12.4 Å². The van der Waals surface area contributed by atoms with Crippen LogP contribution in [0, 0.1) is 20.8 Å². The fourth-order valence-electron chi connectivity index (χ4n) is 3.05. The minimum absolute atomic E-state index is 0.274. The van der Waals surface area contributed by atoms with E-state index in [9.17, 15) is 4.79 Å². The van der Waals surface area contributed by atoms with Crippen LogP contribution in [0.1, 0.15) is 29.5 Å². The highest BCUT2D eigenvalue weighted by atomic mass is 79.9. The summed E-state index contributed by atoms with van der Waals surface area (Å²) in [6.45, 7) is 6.36. The average Bonchev–Trinajstić information content (AvgIpc) is 2.74. The van der Waals surface area contributed by atoms with Gasteiger partial charge in [-0.2, -0.15) is 0 Å². The number of halogens is 2. The second-order valence-electron chi connectivity index (χ2n) is 7.26. The predicted octanol–water partition coefficient (Wildman–Crippen LogP) is 7.46. The number of hydrogen-bond donors (Lipinski definition) is 0. The summed E-state index contributed by atoms with van der Waals surface area (Å²) in [5.74, 6) is 1.00. The smallest absolute Gasteiger partial charge is 0.311 e. The molecule has 3 nitrogen and oxygen atoms in total.